The lowest BCUT2D eigenvalue weighted by Gasteiger charge is -2.16. The molecule has 0 radical (unpaired) electrons. The van der Waals surface area contributed by atoms with E-state index in [1.54, 1.807) is 36.4 Å². The van der Waals surface area contributed by atoms with E-state index in [1.807, 2.05) is 6.92 Å². The van der Waals surface area contributed by atoms with Crippen LogP contribution in [-0.4, -0.2) is 6.61 Å². The molecule has 0 fully saturated rings. The summed E-state index contributed by atoms with van der Waals surface area (Å²) in [6.45, 7) is 2.88. The fraction of sp³-hybridized carbons (Fsp3) is 0.182. The van der Waals surface area contributed by atoms with Gasteiger partial charge in [-0.1, -0.05) is 52.5 Å². The van der Waals surface area contributed by atoms with Gasteiger partial charge in [0.05, 0.1) is 11.6 Å². The number of benzene rings is 3. The second-order valence-electron chi connectivity index (χ2n) is 6.29. The largest absolute Gasteiger partial charge is 0.490 e. The second kappa shape index (κ2) is 10.5. The molecular formula is C22H18Cl4FNO2. The number of rotatable bonds is 8. The Morgan fingerprint density at radius 1 is 0.833 bits per heavy atom. The molecule has 0 aliphatic carbocycles. The predicted octanol–water partition coefficient (Wildman–Crippen LogP) is 8.03. The summed E-state index contributed by atoms with van der Waals surface area (Å²) < 4.78 is 25.0. The van der Waals surface area contributed by atoms with Gasteiger partial charge in [-0.2, -0.15) is 0 Å². The van der Waals surface area contributed by atoms with Gasteiger partial charge in [0, 0.05) is 38.9 Å². The third-order valence-electron chi connectivity index (χ3n) is 4.25. The lowest BCUT2D eigenvalue weighted by molar-refractivity contribution is 0.269. The lowest BCUT2D eigenvalue weighted by atomic mass is 10.2. The highest BCUT2D eigenvalue weighted by molar-refractivity contribution is 6.36. The van der Waals surface area contributed by atoms with Gasteiger partial charge in [0.15, 0.2) is 11.5 Å². The molecule has 0 aromatic heterocycles. The fourth-order valence-electron chi connectivity index (χ4n) is 2.72. The van der Waals surface area contributed by atoms with Crippen molar-refractivity contribution in [1.82, 2.24) is 0 Å². The first-order chi connectivity index (χ1) is 14.4. The molecule has 3 aromatic carbocycles. The molecule has 0 saturated heterocycles. The van der Waals surface area contributed by atoms with E-state index in [4.69, 9.17) is 55.9 Å². The molecule has 1 N–H and O–H groups in total. The van der Waals surface area contributed by atoms with Gasteiger partial charge in [0.25, 0.3) is 0 Å². The minimum Gasteiger partial charge on any atom is -0.490 e. The summed E-state index contributed by atoms with van der Waals surface area (Å²) >= 11 is 24.7. The maximum atomic E-state index is 13.3. The monoisotopic (exact) mass is 487 g/mol. The van der Waals surface area contributed by atoms with E-state index in [-0.39, 0.29) is 11.6 Å². The molecule has 0 spiro atoms. The lowest BCUT2D eigenvalue weighted by Crippen LogP contribution is -2.04. The van der Waals surface area contributed by atoms with Gasteiger partial charge < -0.3 is 14.8 Å². The van der Waals surface area contributed by atoms with Crippen LogP contribution >= 0.6 is 46.4 Å². The molecule has 0 amide bonds. The summed E-state index contributed by atoms with van der Waals surface area (Å²) in [6.07, 6.45) is 0. The van der Waals surface area contributed by atoms with E-state index in [2.05, 4.69) is 5.32 Å². The summed E-state index contributed by atoms with van der Waals surface area (Å²) in [6, 6.07) is 13.2. The number of hydrogen-bond acceptors (Lipinski definition) is 3. The summed E-state index contributed by atoms with van der Waals surface area (Å²) in [5.74, 6) is 0.546. The summed E-state index contributed by atoms with van der Waals surface area (Å²) in [5.41, 5.74) is 2.13. The maximum Gasteiger partial charge on any atom is 0.163 e. The molecule has 30 heavy (non-hydrogen) atoms. The van der Waals surface area contributed by atoms with Gasteiger partial charge >= 0.3 is 0 Å². The number of anilines is 1. The molecule has 0 saturated carbocycles. The van der Waals surface area contributed by atoms with Crippen molar-refractivity contribution in [3.8, 4) is 11.5 Å². The maximum absolute atomic E-state index is 13.3. The zero-order valence-corrected chi connectivity index (χ0v) is 19.0. The van der Waals surface area contributed by atoms with E-state index in [0.717, 1.165) is 5.56 Å². The summed E-state index contributed by atoms with van der Waals surface area (Å²) in [4.78, 5) is 0. The van der Waals surface area contributed by atoms with Crippen LogP contribution < -0.4 is 14.8 Å². The quantitative estimate of drug-likeness (QED) is 0.348. The van der Waals surface area contributed by atoms with Crippen molar-refractivity contribution in [2.75, 3.05) is 11.9 Å². The first-order valence-corrected chi connectivity index (χ1v) is 10.6. The second-order valence-corrected chi connectivity index (χ2v) is 7.92. The zero-order chi connectivity index (χ0) is 21.7. The van der Waals surface area contributed by atoms with Crippen molar-refractivity contribution in [3.63, 3.8) is 0 Å². The number of ether oxygens (including phenoxy) is 2. The predicted molar refractivity (Wildman–Crippen MR) is 122 cm³/mol. The highest BCUT2D eigenvalue weighted by atomic mass is 35.5. The summed E-state index contributed by atoms with van der Waals surface area (Å²) in [7, 11) is 0. The molecule has 8 heteroatoms. The molecule has 3 nitrogen and oxygen atoms in total. The van der Waals surface area contributed by atoms with E-state index < -0.39 is 5.82 Å². The fourth-order valence-corrected chi connectivity index (χ4v) is 3.62. The van der Waals surface area contributed by atoms with Crippen molar-refractivity contribution in [3.05, 3.63) is 85.6 Å². The molecule has 0 aliphatic rings. The average molecular weight is 489 g/mol. The van der Waals surface area contributed by atoms with Crippen LogP contribution in [0.4, 0.5) is 10.1 Å². The Bertz CT molecular complexity index is 1030. The van der Waals surface area contributed by atoms with Gasteiger partial charge in [0.1, 0.15) is 12.4 Å². The van der Waals surface area contributed by atoms with Crippen LogP contribution in [0.2, 0.25) is 20.1 Å². The van der Waals surface area contributed by atoms with Crippen molar-refractivity contribution in [1.29, 1.82) is 0 Å². The van der Waals surface area contributed by atoms with E-state index in [9.17, 15) is 4.39 Å². The van der Waals surface area contributed by atoms with Gasteiger partial charge in [-0.25, -0.2) is 4.39 Å². The first-order valence-electron chi connectivity index (χ1n) is 9.09. The molecular weight excluding hydrogens is 471 g/mol. The summed E-state index contributed by atoms with van der Waals surface area (Å²) in [5, 5.41) is 4.73. The molecule has 0 heterocycles. The molecule has 0 unspecified atom stereocenters. The Balaban J connectivity index is 1.78. The Kier molecular flexibility index (Phi) is 7.95. The average Bonchev–Trinajstić information content (AvgIpc) is 2.71. The van der Waals surface area contributed by atoms with Crippen LogP contribution in [-0.2, 0) is 13.2 Å². The Hall–Kier alpha value is -1.85. The number of halogens is 5. The van der Waals surface area contributed by atoms with E-state index in [0.29, 0.717) is 51.0 Å². The zero-order valence-electron chi connectivity index (χ0n) is 15.9. The molecule has 0 atom stereocenters. The third kappa shape index (κ3) is 5.64. The first kappa shape index (κ1) is 22.8. The van der Waals surface area contributed by atoms with Gasteiger partial charge in [-0.05, 0) is 48.9 Å². The van der Waals surface area contributed by atoms with Crippen LogP contribution in [0.3, 0.4) is 0 Å². The number of hydrogen-bond donors (Lipinski definition) is 1. The molecule has 3 aromatic rings. The van der Waals surface area contributed by atoms with Crippen LogP contribution in [0.5, 0.6) is 11.5 Å². The Morgan fingerprint density at radius 3 is 2.20 bits per heavy atom. The topological polar surface area (TPSA) is 30.5 Å². The van der Waals surface area contributed by atoms with Gasteiger partial charge in [-0.3, -0.25) is 0 Å². The van der Waals surface area contributed by atoms with E-state index in [1.165, 1.54) is 12.1 Å². The molecule has 0 bridgehead atoms. The highest BCUT2D eigenvalue weighted by Gasteiger charge is 2.14. The minimum absolute atomic E-state index is 0.0445. The van der Waals surface area contributed by atoms with E-state index >= 15 is 0 Å². The van der Waals surface area contributed by atoms with Crippen molar-refractivity contribution >= 4 is 52.1 Å². The van der Waals surface area contributed by atoms with Crippen molar-refractivity contribution in [2.24, 2.45) is 0 Å². The highest BCUT2D eigenvalue weighted by Crippen LogP contribution is 2.36. The van der Waals surface area contributed by atoms with Crippen LogP contribution in [0, 0.1) is 5.82 Å². The normalized spacial score (nSPS) is 10.7. The third-order valence-corrected chi connectivity index (χ3v) is 5.60. The van der Waals surface area contributed by atoms with Crippen molar-refractivity contribution in [2.45, 2.75) is 20.1 Å². The molecule has 158 valence electrons. The SMILES string of the molecule is CCOc1cc(CNc2ccc(F)c(Cl)c2)c(Cl)cc1OCc1c(Cl)cccc1Cl. The van der Waals surface area contributed by atoms with Gasteiger partial charge in [0.2, 0.25) is 0 Å². The van der Waals surface area contributed by atoms with Crippen LogP contribution in [0.1, 0.15) is 18.1 Å². The molecule has 0 aliphatic heterocycles. The smallest absolute Gasteiger partial charge is 0.163 e. The van der Waals surface area contributed by atoms with Crippen LogP contribution in [0.15, 0.2) is 48.5 Å². The Labute approximate surface area is 194 Å². The number of nitrogens with one attached hydrogen (secondary N) is 1. The van der Waals surface area contributed by atoms with Gasteiger partial charge in [-0.15, -0.1) is 0 Å². The van der Waals surface area contributed by atoms with Crippen LogP contribution in [0.25, 0.3) is 0 Å². The minimum atomic E-state index is -0.473. The Morgan fingerprint density at radius 2 is 1.53 bits per heavy atom. The van der Waals surface area contributed by atoms with Crippen molar-refractivity contribution < 1.29 is 13.9 Å². The molecule has 3 rings (SSSR count). The standard InChI is InChI=1S/C22H18Cl4FNO2/c1-2-29-21-8-13(11-28-14-6-7-20(27)19(26)9-14)18(25)10-22(21)30-12-15-16(23)4-3-5-17(15)24/h3-10,28H,2,11-12H2,1H3.